The van der Waals surface area contributed by atoms with Gasteiger partial charge in [0.15, 0.2) is 0 Å². The molecule has 4 nitrogen and oxygen atoms in total. The molecule has 2 aromatic heterocycles. The van der Waals surface area contributed by atoms with Crippen molar-refractivity contribution in [1.29, 1.82) is 0 Å². The summed E-state index contributed by atoms with van der Waals surface area (Å²) in [6.45, 7) is 0.530. The van der Waals surface area contributed by atoms with E-state index in [-0.39, 0.29) is 5.56 Å². The number of fused-ring (bicyclic) bond motifs is 1. The maximum Gasteiger partial charge on any atom is 0.276 e. The average Bonchev–Trinajstić information content (AvgIpc) is 2.58. The van der Waals surface area contributed by atoms with Gasteiger partial charge in [-0.3, -0.25) is 4.79 Å². The molecule has 13 heavy (non-hydrogen) atoms. The van der Waals surface area contributed by atoms with Gasteiger partial charge in [-0.1, -0.05) is 0 Å². The third-order valence-electron chi connectivity index (χ3n) is 1.86. The van der Waals surface area contributed by atoms with Crippen LogP contribution in [0.5, 0.6) is 0 Å². The zero-order valence-corrected chi connectivity index (χ0v) is 7.61. The van der Waals surface area contributed by atoms with Gasteiger partial charge in [0.05, 0.1) is 6.20 Å². The molecule has 5 heteroatoms. The van der Waals surface area contributed by atoms with Crippen LogP contribution in [0.4, 0.5) is 0 Å². The SMILES string of the molecule is O=c1c2ccnn2ccn1CCCl. The van der Waals surface area contributed by atoms with Crippen LogP contribution in [0.2, 0.25) is 0 Å². The molecular formula is C8H8ClN3O. The molecule has 0 bridgehead atoms. The number of aryl methyl sites for hydroxylation is 1. The van der Waals surface area contributed by atoms with Gasteiger partial charge in [-0.05, 0) is 6.07 Å². The third kappa shape index (κ3) is 1.33. The summed E-state index contributed by atoms with van der Waals surface area (Å²) in [6.07, 6.45) is 5.02. The molecule has 0 unspecified atom stereocenters. The van der Waals surface area contributed by atoms with E-state index in [0.29, 0.717) is 17.9 Å². The van der Waals surface area contributed by atoms with E-state index in [0.717, 1.165) is 0 Å². The largest absolute Gasteiger partial charge is 0.311 e. The van der Waals surface area contributed by atoms with E-state index in [1.165, 1.54) is 0 Å². The number of aromatic nitrogens is 3. The normalized spacial score (nSPS) is 10.8. The van der Waals surface area contributed by atoms with Gasteiger partial charge >= 0.3 is 0 Å². The molecule has 0 aliphatic rings. The van der Waals surface area contributed by atoms with Crippen molar-refractivity contribution in [2.75, 3.05) is 5.88 Å². The fourth-order valence-electron chi connectivity index (χ4n) is 1.23. The van der Waals surface area contributed by atoms with Gasteiger partial charge in [0.1, 0.15) is 5.52 Å². The van der Waals surface area contributed by atoms with Crippen LogP contribution in [-0.2, 0) is 6.54 Å². The molecule has 2 heterocycles. The Hall–Kier alpha value is -1.29. The van der Waals surface area contributed by atoms with Crippen molar-refractivity contribution in [2.24, 2.45) is 0 Å². The van der Waals surface area contributed by atoms with E-state index >= 15 is 0 Å². The molecule has 0 aromatic carbocycles. The Labute approximate surface area is 79.4 Å². The summed E-state index contributed by atoms with van der Waals surface area (Å²) < 4.78 is 3.12. The van der Waals surface area contributed by atoms with Gasteiger partial charge in [0.25, 0.3) is 5.56 Å². The van der Waals surface area contributed by atoms with Gasteiger partial charge in [-0.2, -0.15) is 5.10 Å². The molecule has 68 valence electrons. The Morgan fingerprint density at radius 1 is 1.46 bits per heavy atom. The fourth-order valence-corrected chi connectivity index (χ4v) is 1.41. The predicted octanol–water partition coefficient (Wildman–Crippen LogP) is 0.735. The quantitative estimate of drug-likeness (QED) is 0.666. The van der Waals surface area contributed by atoms with Gasteiger partial charge in [-0.15, -0.1) is 11.6 Å². The lowest BCUT2D eigenvalue weighted by atomic mass is 10.5. The minimum atomic E-state index is -0.0550. The minimum absolute atomic E-state index is 0.0550. The molecule has 2 rings (SSSR count). The van der Waals surface area contributed by atoms with Crippen molar-refractivity contribution in [3.8, 4) is 0 Å². The lowest BCUT2D eigenvalue weighted by Gasteiger charge is -2.01. The highest BCUT2D eigenvalue weighted by Crippen LogP contribution is 1.94. The van der Waals surface area contributed by atoms with Crippen molar-refractivity contribution in [3.63, 3.8) is 0 Å². The van der Waals surface area contributed by atoms with Gasteiger partial charge < -0.3 is 4.57 Å². The first kappa shape index (κ1) is 8.31. The molecule has 0 radical (unpaired) electrons. The van der Waals surface area contributed by atoms with E-state index < -0.39 is 0 Å². The summed E-state index contributed by atoms with van der Waals surface area (Å²) in [5.74, 6) is 0.435. The monoisotopic (exact) mass is 197 g/mol. The number of hydrogen-bond acceptors (Lipinski definition) is 2. The van der Waals surface area contributed by atoms with Crippen molar-refractivity contribution in [1.82, 2.24) is 14.2 Å². The highest BCUT2D eigenvalue weighted by atomic mass is 35.5. The van der Waals surface area contributed by atoms with E-state index in [4.69, 9.17) is 11.6 Å². The second-order valence-electron chi connectivity index (χ2n) is 2.65. The summed E-state index contributed by atoms with van der Waals surface area (Å²) in [7, 11) is 0. The fraction of sp³-hybridized carbons (Fsp3) is 0.250. The molecular weight excluding hydrogens is 190 g/mol. The first-order valence-corrected chi connectivity index (χ1v) is 4.45. The smallest absolute Gasteiger partial charge is 0.276 e. The number of alkyl halides is 1. The van der Waals surface area contributed by atoms with Crippen LogP contribution in [0.1, 0.15) is 0 Å². The molecule has 0 aliphatic carbocycles. The van der Waals surface area contributed by atoms with Crippen LogP contribution in [-0.4, -0.2) is 20.1 Å². The minimum Gasteiger partial charge on any atom is -0.311 e. The zero-order valence-electron chi connectivity index (χ0n) is 6.85. The van der Waals surface area contributed by atoms with Gasteiger partial charge in [-0.25, -0.2) is 4.52 Å². The van der Waals surface area contributed by atoms with E-state index in [1.54, 1.807) is 33.7 Å². The maximum atomic E-state index is 11.6. The van der Waals surface area contributed by atoms with Crippen LogP contribution < -0.4 is 5.56 Å². The average molecular weight is 198 g/mol. The Morgan fingerprint density at radius 3 is 3.08 bits per heavy atom. The van der Waals surface area contributed by atoms with Crippen LogP contribution in [0.3, 0.4) is 0 Å². The van der Waals surface area contributed by atoms with Gasteiger partial charge in [0.2, 0.25) is 0 Å². The summed E-state index contributed by atoms with van der Waals surface area (Å²) in [4.78, 5) is 11.6. The molecule has 0 fully saturated rings. The van der Waals surface area contributed by atoms with Crippen LogP contribution >= 0.6 is 11.6 Å². The van der Waals surface area contributed by atoms with Crippen molar-refractivity contribution < 1.29 is 0 Å². The second-order valence-corrected chi connectivity index (χ2v) is 3.02. The third-order valence-corrected chi connectivity index (χ3v) is 2.03. The molecule has 0 spiro atoms. The summed E-state index contributed by atoms with van der Waals surface area (Å²) in [5.41, 5.74) is 0.522. The Balaban J connectivity index is 2.67. The first-order valence-electron chi connectivity index (χ1n) is 3.91. The molecule has 0 saturated carbocycles. The number of halogens is 1. The molecule has 0 atom stereocenters. The van der Waals surface area contributed by atoms with Gasteiger partial charge in [0, 0.05) is 24.8 Å². The highest BCUT2D eigenvalue weighted by Gasteiger charge is 2.01. The molecule has 0 saturated heterocycles. The maximum absolute atomic E-state index is 11.6. The zero-order chi connectivity index (χ0) is 9.26. The van der Waals surface area contributed by atoms with Crippen molar-refractivity contribution in [3.05, 3.63) is 35.0 Å². The Bertz CT molecular complexity index is 473. The Kier molecular flexibility index (Phi) is 2.06. The standard InChI is InChI=1S/C8H8ClN3O/c9-2-4-11-5-6-12-7(8(11)13)1-3-10-12/h1,3,5-6H,2,4H2. The van der Waals surface area contributed by atoms with Crippen molar-refractivity contribution >= 4 is 17.1 Å². The number of hydrogen-bond donors (Lipinski definition) is 0. The highest BCUT2D eigenvalue weighted by molar-refractivity contribution is 6.17. The molecule has 0 N–H and O–H groups in total. The summed E-state index contributed by atoms with van der Waals surface area (Å²) >= 11 is 5.55. The van der Waals surface area contributed by atoms with Crippen LogP contribution in [0, 0.1) is 0 Å². The first-order chi connectivity index (χ1) is 6.33. The topological polar surface area (TPSA) is 39.3 Å². The molecule has 2 aromatic rings. The Morgan fingerprint density at radius 2 is 2.31 bits per heavy atom. The van der Waals surface area contributed by atoms with E-state index in [1.807, 2.05) is 0 Å². The lowest BCUT2D eigenvalue weighted by molar-refractivity contribution is 0.719. The second kappa shape index (κ2) is 3.22. The molecule has 0 amide bonds. The van der Waals surface area contributed by atoms with Crippen LogP contribution in [0.25, 0.3) is 5.52 Å². The summed E-state index contributed by atoms with van der Waals surface area (Å²) in [6, 6.07) is 1.69. The predicted molar refractivity (Wildman–Crippen MR) is 50.2 cm³/mol. The van der Waals surface area contributed by atoms with Crippen molar-refractivity contribution in [2.45, 2.75) is 6.54 Å². The summed E-state index contributed by atoms with van der Waals surface area (Å²) in [5, 5.41) is 3.95. The van der Waals surface area contributed by atoms with E-state index in [9.17, 15) is 4.79 Å². The number of rotatable bonds is 2. The number of nitrogens with zero attached hydrogens (tertiary/aromatic N) is 3. The van der Waals surface area contributed by atoms with E-state index in [2.05, 4.69) is 5.10 Å². The lowest BCUT2D eigenvalue weighted by Crippen LogP contribution is -2.21. The van der Waals surface area contributed by atoms with Crippen LogP contribution in [0.15, 0.2) is 29.5 Å². The molecule has 0 aliphatic heterocycles.